The highest BCUT2D eigenvalue weighted by molar-refractivity contribution is 5.85. The molecule has 5 rings (SSSR count). The monoisotopic (exact) mass is 424 g/mol. The normalized spacial score (nSPS) is 53.3. The summed E-state index contributed by atoms with van der Waals surface area (Å²) < 4.78 is 0. The molecule has 0 saturated heterocycles. The summed E-state index contributed by atoms with van der Waals surface area (Å²) in [6, 6.07) is 0. The van der Waals surface area contributed by atoms with Crippen LogP contribution in [0, 0.1) is 50.7 Å². The van der Waals surface area contributed by atoms with Crippen molar-refractivity contribution in [2.24, 2.45) is 50.7 Å². The molecule has 1 heteroatoms. The van der Waals surface area contributed by atoms with Crippen molar-refractivity contribution in [2.75, 3.05) is 0 Å². The summed E-state index contributed by atoms with van der Waals surface area (Å²) >= 11 is 0. The maximum absolute atomic E-state index is 12.9. The largest absolute Gasteiger partial charge is 0.299 e. The average molecular weight is 425 g/mol. The lowest BCUT2D eigenvalue weighted by Gasteiger charge is -2.72. The van der Waals surface area contributed by atoms with Gasteiger partial charge >= 0.3 is 0 Å². The van der Waals surface area contributed by atoms with E-state index in [1.807, 2.05) is 5.57 Å². The lowest BCUT2D eigenvalue weighted by Crippen LogP contribution is -2.66. The van der Waals surface area contributed by atoms with Crippen LogP contribution in [0.5, 0.6) is 0 Å². The summed E-state index contributed by atoms with van der Waals surface area (Å²) in [5.74, 6) is 3.61. The van der Waals surface area contributed by atoms with Crippen LogP contribution in [-0.2, 0) is 4.79 Å². The Hall–Kier alpha value is -0.590. The first-order valence-corrected chi connectivity index (χ1v) is 13.5. The lowest BCUT2D eigenvalue weighted by molar-refractivity contribution is -0.235. The Kier molecular flexibility index (Phi) is 4.66. The first-order valence-electron chi connectivity index (χ1n) is 13.5. The Bertz CT molecular complexity index is 829. The zero-order valence-corrected chi connectivity index (χ0v) is 21.8. The molecule has 5 fully saturated rings. The number of Topliss-reactive ketones (excluding diaryl/α,β-unsaturated/α-hetero) is 1. The first kappa shape index (κ1) is 22.2. The molecule has 8 atom stereocenters. The highest BCUT2D eigenvalue weighted by Crippen LogP contribution is 2.77. The van der Waals surface area contributed by atoms with Crippen LogP contribution in [0.25, 0.3) is 0 Å². The zero-order chi connectivity index (χ0) is 22.6. The van der Waals surface area contributed by atoms with Gasteiger partial charge in [-0.15, -0.1) is 0 Å². The third-order valence-electron chi connectivity index (χ3n) is 13.2. The Morgan fingerprint density at radius 2 is 1.23 bits per heavy atom. The number of allylic oxidation sites excluding steroid dienone is 2. The van der Waals surface area contributed by atoms with Gasteiger partial charge in [0.15, 0.2) is 0 Å². The van der Waals surface area contributed by atoms with Crippen LogP contribution in [-0.4, -0.2) is 5.78 Å². The third kappa shape index (κ3) is 2.53. The maximum Gasteiger partial charge on any atom is 0.138 e. The molecule has 0 N–H and O–H groups in total. The fraction of sp³-hybridized carbons (Fsp3) is 0.900. The first-order chi connectivity index (χ1) is 14.3. The third-order valence-corrected chi connectivity index (χ3v) is 13.2. The quantitative estimate of drug-likeness (QED) is 0.357. The van der Waals surface area contributed by atoms with E-state index in [0.29, 0.717) is 33.4 Å². The SMILES string of the molecule is CC(C)=C1CC[C@@]2(C)[C@H]3CC[C@@H]4[C@@]5(C)CCC(=O)C(C)(C)[C@@H]5CC[C@@]4(C)[C@]3(C)CC[C@@H]12. The van der Waals surface area contributed by atoms with Crippen LogP contribution in [0.15, 0.2) is 11.1 Å². The lowest BCUT2D eigenvalue weighted by atomic mass is 9.32. The van der Waals surface area contributed by atoms with E-state index in [0.717, 1.165) is 30.6 Å². The minimum Gasteiger partial charge on any atom is -0.299 e. The van der Waals surface area contributed by atoms with E-state index in [1.54, 1.807) is 5.57 Å². The van der Waals surface area contributed by atoms with Gasteiger partial charge in [-0.2, -0.15) is 0 Å². The molecule has 0 radical (unpaired) electrons. The van der Waals surface area contributed by atoms with Gasteiger partial charge in [0.2, 0.25) is 0 Å². The van der Waals surface area contributed by atoms with Gasteiger partial charge in [0.25, 0.3) is 0 Å². The number of carbonyl (C=O) groups excluding carboxylic acids is 1. The molecule has 0 aromatic carbocycles. The maximum atomic E-state index is 12.9. The smallest absolute Gasteiger partial charge is 0.138 e. The van der Waals surface area contributed by atoms with E-state index in [9.17, 15) is 4.79 Å². The molecule has 5 aliphatic rings. The van der Waals surface area contributed by atoms with Gasteiger partial charge < -0.3 is 0 Å². The van der Waals surface area contributed by atoms with Gasteiger partial charge in [-0.1, -0.05) is 52.7 Å². The Morgan fingerprint density at radius 1 is 0.677 bits per heavy atom. The molecule has 1 nitrogen and oxygen atoms in total. The summed E-state index contributed by atoms with van der Waals surface area (Å²) in [5, 5.41) is 0. The second kappa shape index (κ2) is 6.50. The molecule has 31 heavy (non-hydrogen) atoms. The molecule has 0 bridgehead atoms. The summed E-state index contributed by atoms with van der Waals surface area (Å²) in [6.07, 6.45) is 13.0. The van der Waals surface area contributed by atoms with Crippen LogP contribution >= 0.6 is 0 Å². The van der Waals surface area contributed by atoms with E-state index in [4.69, 9.17) is 0 Å². The highest BCUT2D eigenvalue weighted by Gasteiger charge is 2.70. The zero-order valence-electron chi connectivity index (χ0n) is 21.8. The van der Waals surface area contributed by atoms with E-state index >= 15 is 0 Å². The topological polar surface area (TPSA) is 17.1 Å². The molecule has 174 valence electrons. The molecule has 0 amide bonds. The van der Waals surface area contributed by atoms with Crippen molar-refractivity contribution < 1.29 is 4.79 Å². The molecule has 0 aliphatic heterocycles. The molecular formula is C30H48O. The molecule has 5 saturated carbocycles. The Morgan fingerprint density at radius 3 is 1.84 bits per heavy atom. The van der Waals surface area contributed by atoms with Crippen LogP contribution in [0.1, 0.15) is 120 Å². The number of ketones is 1. The molecule has 0 unspecified atom stereocenters. The van der Waals surface area contributed by atoms with Crippen molar-refractivity contribution in [3.63, 3.8) is 0 Å². The minimum absolute atomic E-state index is 0.125. The van der Waals surface area contributed by atoms with Gasteiger partial charge in [0.1, 0.15) is 5.78 Å². The van der Waals surface area contributed by atoms with Crippen molar-refractivity contribution in [3.8, 4) is 0 Å². The van der Waals surface area contributed by atoms with Gasteiger partial charge in [-0.25, -0.2) is 0 Å². The van der Waals surface area contributed by atoms with Crippen molar-refractivity contribution in [1.82, 2.24) is 0 Å². The van der Waals surface area contributed by atoms with Crippen molar-refractivity contribution in [3.05, 3.63) is 11.1 Å². The number of hydrogen-bond donors (Lipinski definition) is 0. The number of hydrogen-bond acceptors (Lipinski definition) is 1. The standard InChI is InChI=1S/C30H48O/c1-19(2)20-11-15-27(5)21(20)12-17-29(7)23(27)9-10-24-28(6)16-14-25(31)26(3,4)22(28)13-18-30(24,29)8/h21-24H,9-18H2,1-8H3/t21-,22-,23+,24+,27+,28-,29+,30+/m0/s1. The molecule has 0 aromatic rings. The molecule has 5 aliphatic carbocycles. The minimum atomic E-state index is -0.125. The molecular weight excluding hydrogens is 376 g/mol. The molecule has 0 heterocycles. The van der Waals surface area contributed by atoms with Crippen LogP contribution < -0.4 is 0 Å². The van der Waals surface area contributed by atoms with E-state index in [2.05, 4.69) is 55.4 Å². The van der Waals surface area contributed by atoms with Crippen molar-refractivity contribution in [2.45, 2.75) is 120 Å². The predicted molar refractivity (Wildman–Crippen MR) is 130 cm³/mol. The predicted octanol–water partition coefficient (Wildman–Crippen LogP) is 8.38. The highest BCUT2D eigenvalue weighted by atomic mass is 16.1. The molecule has 0 aromatic heterocycles. The van der Waals surface area contributed by atoms with E-state index in [1.165, 1.54) is 51.4 Å². The Labute approximate surface area is 192 Å². The van der Waals surface area contributed by atoms with Crippen LogP contribution in [0.2, 0.25) is 0 Å². The van der Waals surface area contributed by atoms with Gasteiger partial charge in [-0.3, -0.25) is 4.79 Å². The van der Waals surface area contributed by atoms with Crippen molar-refractivity contribution >= 4 is 5.78 Å². The number of fused-ring (bicyclic) bond motifs is 7. The number of rotatable bonds is 0. The summed E-state index contributed by atoms with van der Waals surface area (Å²) in [7, 11) is 0. The average Bonchev–Trinajstić information content (AvgIpc) is 3.03. The fourth-order valence-corrected chi connectivity index (χ4v) is 11.4. The summed E-state index contributed by atoms with van der Waals surface area (Å²) in [4.78, 5) is 12.9. The van der Waals surface area contributed by atoms with Gasteiger partial charge in [0.05, 0.1) is 0 Å². The fourth-order valence-electron chi connectivity index (χ4n) is 11.4. The van der Waals surface area contributed by atoms with Gasteiger partial charge in [0, 0.05) is 11.8 Å². The second-order valence-electron chi connectivity index (χ2n) is 14.4. The van der Waals surface area contributed by atoms with E-state index < -0.39 is 0 Å². The second-order valence-corrected chi connectivity index (χ2v) is 14.4. The van der Waals surface area contributed by atoms with Crippen molar-refractivity contribution in [1.29, 1.82) is 0 Å². The number of carbonyl (C=O) groups is 1. The Balaban J connectivity index is 1.55. The summed E-state index contributed by atoms with van der Waals surface area (Å²) in [6.45, 7) is 20.0. The summed E-state index contributed by atoms with van der Waals surface area (Å²) in [5.41, 5.74) is 5.04. The molecule has 0 spiro atoms. The van der Waals surface area contributed by atoms with E-state index in [-0.39, 0.29) is 5.41 Å². The van der Waals surface area contributed by atoms with Crippen LogP contribution in [0.4, 0.5) is 0 Å². The van der Waals surface area contributed by atoms with Crippen LogP contribution in [0.3, 0.4) is 0 Å². The van der Waals surface area contributed by atoms with Gasteiger partial charge in [-0.05, 0) is 117 Å².